The molecule has 0 atom stereocenters. The summed E-state index contributed by atoms with van der Waals surface area (Å²) >= 11 is 6.06. The van der Waals surface area contributed by atoms with Crippen LogP contribution in [0.1, 0.15) is 19.0 Å². The van der Waals surface area contributed by atoms with Gasteiger partial charge in [0.1, 0.15) is 11.3 Å². The molecule has 0 saturated heterocycles. The van der Waals surface area contributed by atoms with Gasteiger partial charge in [-0.05, 0) is 18.6 Å². The molecule has 2 rings (SSSR count). The van der Waals surface area contributed by atoms with Gasteiger partial charge in [-0.3, -0.25) is 0 Å². The lowest BCUT2D eigenvalue weighted by atomic mass is 10.1. The molecule has 1 nitrogen and oxygen atoms in total. The normalized spacial score (nSPS) is 10.2. The van der Waals surface area contributed by atoms with E-state index in [0.717, 1.165) is 18.5 Å². The second-order valence-corrected chi connectivity index (χ2v) is 3.89. The topological polar surface area (TPSA) is 12.9 Å². The Kier molecular flexibility index (Phi) is 4.51. The van der Waals surface area contributed by atoms with Gasteiger partial charge in [0, 0.05) is 11.1 Å². The summed E-state index contributed by atoms with van der Waals surface area (Å²) in [5.41, 5.74) is 1.22. The Morgan fingerprint density at radius 3 is 2.81 bits per heavy atom. The highest BCUT2D eigenvalue weighted by atomic mass is 35.5. The highest BCUT2D eigenvalue weighted by molar-refractivity contribution is 6.35. The Morgan fingerprint density at radius 1 is 1.38 bits per heavy atom. The Morgan fingerprint density at radius 2 is 2.12 bits per heavy atom. The molecule has 0 bridgehead atoms. The molecule has 4 heteroatoms. The smallest absolute Gasteiger partial charge is 0.149 e. The van der Waals surface area contributed by atoms with Crippen molar-refractivity contribution in [1.82, 2.24) is 4.98 Å². The van der Waals surface area contributed by atoms with E-state index in [-0.39, 0.29) is 18.2 Å². The number of hydrogen-bond donors (Lipinski definition) is 0. The van der Waals surface area contributed by atoms with Gasteiger partial charge in [-0.15, -0.1) is 12.4 Å². The number of hydrogen-bond acceptors (Lipinski definition) is 1. The number of halogens is 3. The average molecular weight is 260 g/mol. The summed E-state index contributed by atoms with van der Waals surface area (Å²) in [7, 11) is 0. The van der Waals surface area contributed by atoms with Gasteiger partial charge < -0.3 is 0 Å². The zero-order chi connectivity index (χ0) is 10.8. The third-order valence-corrected chi connectivity index (χ3v) is 2.61. The van der Waals surface area contributed by atoms with Crippen LogP contribution in [0.15, 0.2) is 24.3 Å². The Bertz CT molecular complexity index is 500. The van der Waals surface area contributed by atoms with Crippen LogP contribution in [0.2, 0.25) is 5.02 Å². The molecule has 0 spiro atoms. The summed E-state index contributed by atoms with van der Waals surface area (Å²) < 4.78 is 13.5. The van der Waals surface area contributed by atoms with Crippen molar-refractivity contribution in [2.75, 3.05) is 0 Å². The van der Waals surface area contributed by atoms with E-state index in [1.807, 2.05) is 6.07 Å². The van der Waals surface area contributed by atoms with Crippen LogP contribution >= 0.6 is 24.0 Å². The van der Waals surface area contributed by atoms with Crippen molar-refractivity contribution in [3.05, 3.63) is 40.8 Å². The van der Waals surface area contributed by atoms with E-state index >= 15 is 0 Å². The molecule has 0 radical (unpaired) electrons. The van der Waals surface area contributed by atoms with E-state index in [0.29, 0.717) is 15.9 Å². The predicted octanol–water partition coefficient (Wildman–Crippen LogP) is 4.40. The number of pyridine rings is 1. The average Bonchev–Trinajstić information content (AvgIpc) is 2.20. The largest absolute Gasteiger partial charge is 0.250 e. The Balaban J connectivity index is 0.00000128. The van der Waals surface area contributed by atoms with Crippen LogP contribution in [0.25, 0.3) is 10.9 Å². The first kappa shape index (κ1) is 13.2. The number of rotatable bonds is 2. The van der Waals surface area contributed by atoms with Crippen LogP contribution in [0.3, 0.4) is 0 Å². The highest BCUT2D eigenvalue weighted by Crippen LogP contribution is 2.25. The van der Waals surface area contributed by atoms with Gasteiger partial charge in [0.05, 0.1) is 5.02 Å². The number of fused-ring (bicyclic) bond motifs is 1. The lowest BCUT2D eigenvalue weighted by Gasteiger charge is -2.04. The van der Waals surface area contributed by atoms with E-state index in [1.54, 1.807) is 12.1 Å². The summed E-state index contributed by atoms with van der Waals surface area (Å²) in [5.74, 6) is -0.313. The van der Waals surface area contributed by atoms with Gasteiger partial charge in [-0.2, -0.15) is 0 Å². The van der Waals surface area contributed by atoms with E-state index in [9.17, 15) is 4.39 Å². The Labute approximate surface area is 105 Å². The number of aryl methyl sites for hydroxylation is 1. The van der Waals surface area contributed by atoms with Crippen LogP contribution in [0, 0.1) is 5.82 Å². The van der Waals surface area contributed by atoms with E-state index in [1.165, 1.54) is 6.07 Å². The van der Waals surface area contributed by atoms with Gasteiger partial charge in [0.15, 0.2) is 0 Å². The van der Waals surface area contributed by atoms with Crippen LogP contribution in [-0.4, -0.2) is 4.98 Å². The summed E-state index contributed by atoms with van der Waals surface area (Å²) in [4.78, 5) is 4.27. The lowest BCUT2D eigenvalue weighted by molar-refractivity contribution is 0.636. The molecule has 0 aliphatic rings. The zero-order valence-corrected chi connectivity index (χ0v) is 10.4. The minimum atomic E-state index is -0.313. The van der Waals surface area contributed by atoms with E-state index < -0.39 is 0 Å². The first-order valence-corrected chi connectivity index (χ1v) is 5.34. The molecule has 0 amide bonds. The molecule has 0 N–H and O–H groups in total. The molecule has 0 saturated carbocycles. The maximum atomic E-state index is 13.5. The minimum Gasteiger partial charge on any atom is -0.250 e. The molecule has 0 aliphatic heterocycles. The molecule has 86 valence electrons. The van der Waals surface area contributed by atoms with Crippen LogP contribution in [-0.2, 0) is 6.42 Å². The van der Waals surface area contributed by atoms with Crippen molar-refractivity contribution in [2.24, 2.45) is 0 Å². The molecule has 0 fully saturated rings. The third-order valence-electron chi connectivity index (χ3n) is 2.30. The molecule has 1 heterocycles. The fourth-order valence-electron chi connectivity index (χ4n) is 1.61. The fraction of sp³-hybridized carbons (Fsp3) is 0.250. The number of benzene rings is 1. The maximum Gasteiger partial charge on any atom is 0.149 e. The highest BCUT2D eigenvalue weighted by Gasteiger charge is 2.07. The van der Waals surface area contributed by atoms with Crippen molar-refractivity contribution >= 4 is 34.9 Å². The van der Waals surface area contributed by atoms with Crippen molar-refractivity contribution in [3.8, 4) is 0 Å². The molecule has 2 aromatic rings. The predicted molar refractivity (Wildman–Crippen MR) is 68.0 cm³/mol. The summed E-state index contributed by atoms with van der Waals surface area (Å²) in [6, 6.07) is 6.64. The quantitative estimate of drug-likeness (QED) is 0.779. The molecule has 1 aromatic carbocycles. The number of para-hydroxylation sites is 1. The molecule has 0 unspecified atom stereocenters. The maximum absolute atomic E-state index is 13.5. The van der Waals surface area contributed by atoms with Crippen LogP contribution in [0.4, 0.5) is 4.39 Å². The second kappa shape index (κ2) is 5.46. The van der Waals surface area contributed by atoms with Crippen LogP contribution < -0.4 is 0 Å². The summed E-state index contributed by atoms with van der Waals surface area (Å²) in [6.45, 7) is 2.06. The van der Waals surface area contributed by atoms with Gasteiger partial charge >= 0.3 is 0 Å². The SMILES string of the molecule is CCCc1cc(Cl)c2cccc(F)c2n1.Cl. The standard InChI is InChI=1S/C12H11ClFN.ClH/c1-2-4-8-7-10(13)9-5-3-6-11(14)12(9)15-8;/h3,5-7H,2,4H2,1H3;1H. The van der Waals surface area contributed by atoms with Gasteiger partial charge in [-0.25, -0.2) is 9.37 Å². The third kappa shape index (κ3) is 2.45. The second-order valence-electron chi connectivity index (χ2n) is 3.48. The molecular weight excluding hydrogens is 248 g/mol. The van der Waals surface area contributed by atoms with E-state index in [2.05, 4.69) is 11.9 Å². The van der Waals surface area contributed by atoms with Crippen molar-refractivity contribution in [2.45, 2.75) is 19.8 Å². The zero-order valence-electron chi connectivity index (χ0n) is 8.84. The molecular formula is C12H12Cl2FN. The first-order chi connectivity index (χ1) is 7.22. The summed E-state index contributed by atoms with van der Waals surface area (Å²) in [6.07, 6.45) is 1.80. The minimum absolute atomic E-state index is 0. The molecule has 1 aromatic heterocycles. The first-order valence-electron chi connectivity index (χ1n) is 4.96. The molecule has 0 aliphatic carbocycles. The lowest BCUT2D eigenvalue weighted by Crippen LogP contribution is -1.92. The summed E-state index contributed by atoms with van der Waals surface area (Å²) in [5, 5.41) is 1.25. The van der Waals surface area contributed by atoms with Gasteiger partial charge in [0.2, 0.25) is 0 Å². The fourth-order valence-corrected chi connectivity index (χ4v) is 1.88. The van der Waals surface area contributed by atoms with Gasteiger partial charge in [-0.1, -0.05) is 37.1 Å². The Hall–Kier alpha value is -0.860. The van der Waals surface area contributed by atoms with Crippen molar-refractivity contribution in [1.29, 1.82) is 0 Å². The molecule has 16 heavy (non-hydrogen) atoms. The number of nitrogens with zero attached hydrogens (tertiary/aromatic N) is 1. The van der Waals surface area contributed by atoms with Crippen LogP contribution in [0.5, 0.6) is 0 Å². The number of aromatic nitrogens is 1. The van der Waals surface area contributed by atoms with Crippen molar-refractivity contribution in [3.63, 3.8) is 0 Å². The van der Waals surface area contributed by atoms with Crippen molar-refractivity contribution < 1.29 is 4.39 Å². The monoisotopic (exact) mass is 259 g/mol. The van der Waals surface area contributed by atoms with Gasteiger partial charge in [0.25, 0.3) is 0 Å². The van der Waals surface area contributed by atoms with E-state index in [4.69, 9.17) is 11.6 Å².